The number of carbonyl (C=O) groups excluding carboxylic acids is 1. The predicted molar refractivity (Wildman–Crippen MR) is 114 cm³/mol. The van der Waals surface area contributed by atoms with Crippen LogP contribution in [0.1, 0.15) is 16.1 Å². The third-order valence-corrected chi connectivity index (χ3v) is 7.37. The van der Waals surface area contributed by atoms with Gasteiger partial charge in [0.15, 0.2) is 0 Å². The number of hydrogen-bond acceptors (Lipinski definition) is 6. The Balaban J connectivity index is 1.59. The highest BCUT2D eigenvalue weighted by Crippen LogP contribution is 2.37. The molecule has 0 atom stereocenters. The van der Waals surface area contributed by atoms with Crippen molar-refractivity contribution in [1.29, 1.82) is 0 Å². The Kier molecular flexibility index (Phi) is 5.93. The van der Waals surface area contributed by atoms with E-state index < -0.39 is 27.2 Å². The minimum absolute atomic E-state index is 0.0631. The first-order valence-electron chi connectivity index (χ1n) is 9.33. The van der Waals surface area contributed by atoms with Crippen LogP contribution in [0, 0.1) is 5.82 Å². The number of pyridine rings is 1. The third kappa shape index (κ3) is 4.08. The normalized spacial score (nSPS) is 15.9. The summed E-state index contributed by atoms with van der Waals surface area (Å²) in [6.07, 6.45) is 2.55. The molecule has 0 spiro atoms. The molecule has 1 N–H and O–H groups in total. The molecule has 3 heterocycles. The van der Waals surface area contributed by atoms with Crippen LogP contribution in [0.25, 0.3) is 0 Å². The lowest BCUT2D eigenvalue weighted by atomic mass is 9.77. The molecule has 0 bridgehead atoms. The van der Waals surface area contributed by atoms with Crippen LogP contribution in [-0.4, -0.2) is 58.2 Å². The maximum Gasteiger partial charge on any atom is 0.264 e. The molecule has 2 aromatic heterocycles. The Morgan fingerprint density at radius 1 is 1.28 bits per heavy atom. The average Bonchev–Trinajstić information content (AvgIpc) is 3.15. The SMILES string of the molecule is Cn1ncc(S(=O)(=O)N2CC(CNC(=O)c3ccc(Cl)cc3Cl)(c3ncccc3F)C2)n1. The van der Waals surface area contributed by atoms with Crippen molar-refractivity contribution < 1.29 is 17.6 Å². The van der Waals surface area contributed by atoms with Crippen molar-refractivity contribution in [1.82, 2.24) is 29.6 Å². The number of benzene rings is 1. The van der Waals surface area contributed by atoms with E-state index in [9.17, 15) is 17.6 Å². The molecule has 1 aliphatic heterocycles. The molecule has 0 saturated carbocycles. The standard InChI is InChI=1S/C19H17Cl2FN6O3S/c1-27-25-8-16(26-27)32(30,31)28-10-19(11-28,17-15(22)3-2-6-23-17)9-24-18(29)13-5-4-12(20)7-14(13)21/h2-8H,9-11H2,1H3,(H,24,29). The number of nitrogens with zero attached hydrogens (tertiary/aromatic N) is 5. The number of sulfonamides is 1. The average molecular weight is 499 g/mol. The molecule has 1 fully saturated rings. The number of carbonyl (C=O) groups is 1. The van der Waals surface area contributed by atoms with E-state index in [1.807, 2.05) is 0 Å². The van der Waals surface area contributed by atoms with E-state index in [-0.39, 0.29) is 40.9 Å². The van der Waals surface area contributed by atoms with Gasteiger partial charge >= 0.3 is 0 Å². The van der Waals surface area contributed by atoms with E-state index in [1.165, 1.54) is 43.6 Å². The Morgan fingerprint density at radius 2 is 2.03 bits per heavy atom. The summed E-state index contributed by atoms with van der Waals surface area (Å²) >= 11 is 12.0. The van der Waals surface area contributed by atoms with Crippen LogP contribution in [0.3, 0.4) is 0 Å². The number of amides is 1. The summed E-state index contributed by atoms with van der Waals surface area (Å²) < 4.78 is 41.4. The highest BCUT2D eigenvalue weighted by molar-refractivity contribution is 7.89. The Hall–Kier alpha value is -2.60. The summed E-state index contributed by atoms with van der Waals surface area (Å²) in [5, 5.41) is 10.7. The number of aromatic nitrogens is 4. The molecule has 1 saturated heterocycles. The molecule has 1 aromatic carbocycles. The molecule has 1 amide bonds. The third-order valence-electron chi connectivity index (χ3n) is 5.16. The van der Waals surface area contributed by atoms with Crippen LogP contribution < -0.4 is 5.32 Å². The van der Waals surface area contributed by atoms with E-state index in [1.54, 1.807) is 0 Å². The van der Waals surface area contributed by atoms with Crippen molar-refractivity contribution in [2.45, 2.75) is 10.4 Å². The number of rotatable bonds is 6. The molecule has 1 aliphatic rings. The molecule has 168 valence electrons. The van der Waals surface area contributed by atoms with Gasteiger partial charge in [-0.1, -0.05) is 23.2 Å². The van der Waals surface area contributed by atoms with Gasteiger partial charge in [-0.05, 0) is 30.3 Å². The summed E-state index contributed by atoms with van der Waals surface area (Å²) in [5.74, 6) is -1.10. The molecular weight excluding hydrogens is 482 g/mol. The zero-order valence-electron chi connectivity index (χ0n) is 16.7. The molecule has 9 nitrogen and oxygen atoms in total. The van der Waals surface area contributed by atoms with E-state index in [0.29, 0.717) is 5.02 Å². The molecule has 4 rings (SSSR count). The second-order valence-electron chi connectivity index (χ2n) is 7.37. The molecule has 0 radical (unpaired) electrons. The summed E-state index contributed by atoms with van der Waals surface area (Å²) in [7, 11) is -2.44. The fourth-order valence-electron chi connectivity index (χ4n) is 3.52. The number of halogens is 3. The zero-order chi connectivity index (χ0) is 23.1. The smallest absolute Gasteiger partial charge is 0.264 e. The molecule has 0 unspecified atom stereocenters. The van der Waals surface area contributed by atoms with Gasteiger partial charge in [0.2, 0.25) is 5.03 Å². The first-order chi connectivity index (χ1) is 15.1. The van der Waals surface area contributed by atoms with Gasteiger partial charge in [0.1, 0.15) is 5.82 Å². The van der Waals surface area contributed by atoms with Crippen LogP contribution >= 0.6 is 23.2 Å². The highest BCUT2D eigenvalue weighted by Gasteiger charge is 2.52. The second kappa shape index (κ2) is 8.39. The lowest BCUT2D eigenvalue weighted by Crippen LogP contribution is -2.65. The summed E-state index contributed by atoms with van der Waals surface area (Å²) in [5.41, 5.74) is -0.820. The maximum atomic E-state index is 14.6. The molecule has 13 heteroatoms. The lowest BCUT2D eigenvalue weighted by molar-refractivity contribution is 0.0895. The minimum Gasteiger partial charge on any atom is -0.351 e. The van der Waals surface area contributed by atoms with Crippen molar-refractivity contribution in [3.8, 4) is 0 Å². The zero-order valence-corrected chi connectivity index (χ0v) is 19.0. The topological polar surface area (TPSA) is 110 Å². The van der Waals surface area contributed by atoms with Gasteiger partial charge in [-0.3, -0.25) is 9.78 Å². The lowest BCUT2D eigenvalue weighted by Gasteiger charge is -2.48. The van der Waals surface area contributed by atoms with Crippen molar-refractivity contribution in [2.24, 2.45) is 7.05 Å². The van der Waals surface area contributed by atoms with E-state index >= 15 is 0 Å². The molecule has 32 heavy (non-hydrogen) atoms. The Labute approximate surface area is 193 Å². The predicted octanol–water partition coefficient (Wildman–Crippen LogP) is 2.03. The van der Waals surface area contributed by atoms with Gasteiger partial charge in [-0.25, -0.2) is 12.8 Å². The maximum absolute atomic E-state index is 14.6. The van der Waals surface area contributed by atoms with Crippen LogP contribution in [0.15, 0.2) is 47.8 Å². The van der Waals surface area contributed by atoms with Gasteiger partial charge < -0.3 is 5.32 Å². The molecule has 0 aliphatic carbocycles. The van der Waals surface area contributed by atoms with Gasteiger partial charge in [0, 0.05) is 37.9 Å². The summed E-state index contributed by atoms with van der Waals surface area (Å²) in [6, 6.07) is 7.10. The highest BCUT2D eigenvalue weighted by atomic mass is 35.5. The van der Waals surface area contributed by atoms with Gasteiger partial charge in [-0.15, -0.1) is 5.10 Å². The van der Waals surface area contributed by atoms with Crippen LogP contribution in [0.2, 0.25) is 10.0 Å². The van der Waals surface area contributed by atoms with Crippen LogP contribution in [0.4, 0.5) is 4.39 Å². The fourth-order valence-corrected chi connectivity index (χ4v) is 5.51. The number of hydrogen-bond donors (Lipinski definition) is 1. The molecular formula is C19H17Cl2FN6O3S. The van der Waals surface area contributed by atoms with Crippen LogP contribution in [0.5, 0.6) is 0 Å². The fraction of sp³-hybridized carbons (Fsp3) is 0.263. The van der Waals surface area contributed by atoms with Crippen molar-refractivity contribution >= 4 is 39.1 Å². The first-order valence-corrected chi connectivity index (χ1v) is 11.5. The quantitative estimate of drug-likeness (QED) is 0.556. The number of aryl methyl sites for hydroxylation is 1. The number of nitrogens with one attached hydrogen (secondary N) is 1. The largest absolute Gasteiger partial charge is 0.351 e. The monoisotopic (exact) mass is 498 g/mol. The van der Waals surface area contributed by atoms with Gasteiger partial charge in [0.25, 0.3) is 15.9 Å². The second-order valence-corrected chi connectivity index (χ2v) is 10.1. The molecule has 3 aromatic rings. The first kappa shape index (κ1) is 22.6. The summed E-state index contributed by atoms with van der Waals surface area (Å²) in [4.78, 5) is 17.9. The van der Waals surface area contributed by atoms with Crippen LogP contribution in [-0.2, 0) is 22.5 Å². The minimum atomic E-state index is -3.94. The Bertz CT molecular complexity index is 1290. The van der Waals surface area contributed by atoms with E-state index in [0.717, 1.165) is 15.3 Å². The van der Waals surface area contributed by atoms with Gasteiger partial charge in [-0.2, -0.15) is 14.2 Å². The van der Waals surface area contributed by atoms with Crippen molar-refractivity contribution in [2.75, 3.05) is 19.6 Å². The van der Waals surface area contributed by atoms with E-state index in [2.05, 4.69) is 20.5 Å². The van der Waals surface area contributed by atoms with Gasteiger partial charge in [0.05, 0.1) is 27.9 Å². The van der Waals surface area contributed by atoms with E-state index in [4.69, 9.17) is 23.2 Å². The summed E-state index contributed by atoms with van der Waals surface area (Å²) in [6.45, 7) is -0.270. The Morgan fingerprint density at radius 3 is 2.66 bits per heavy atom. The van der Waals surface area contributed by atoms with Crippen molar-refractivity contribution in [3.05, 3.63) is 69.8 Å². The van der Waals surface area contributed by atoms with Crippen molar-refractivity contribution in [3.63, 3.8) is 0 Å².